The zero-order valence-electron chi connectivity index (χ0n) is 12.3. The van der Waals surface area contributed by atoms with Crippen LogP contribution in [0.25, 0.3) is 0 Å². The number of fused-ring (bicyclic) bond motifs is 1. The minimum absolute atomic E-state index is 0.317. The van der Waals surface area contributed by atoms with Gasteiger partial charge in [-0.05, 0) is 45.1 Å². The van der Waals surface area contributed by atoms with E-state index in [1.807, 2.05) is 11.8 Å². The topological polar surface area (TPSA) is 27.6 Å². The molecule has 0 aromatic carbocycles. The summed E-state index contributed by atoms with van der Waals surface area (Å²) < 4.78 is 0. The molecular formula is C15H27N3S. The van der Waals surface area contributed by atoms with Crippen molar-refractivity contribution in [3.63, 3.8) is 0 Å². The van der Waals surface area contributed by atoms with Crippen molar-refractivity contribution in [2.75, 3.05) is 18.8 Å². The highest BCUT2D eigenvalue weighted by atomic mass is 32.2. The maximum absolute atomic E-state index is 5.03. The van der Waals surface area contributed by atoms with E-state index in [0.29, 0.717) is 11.6 Å². The van der Waals surface area contributed by atoms with Gasteiger partial charge in [0.15, 0.2) is 5.17 Å². The highest BCUT2D eigenvalue weighted by Crippen LogP contribution is 2.32. The lowest BCUT2D eigenvalue weighted by Crippen LogP contribution is -2.43. The molecule has 2 atom stereocenters. The van der Waals surface area contributed by atoms with Crippen LogP contribution in [-0.4, -0.2) is 46.5 Å². The van der Waals surface area contributed by atoms with Crippen molar-refractivity contribution >= 4 is 16.9 Å². The summed E-state index contributed by atoms with van der Waals surface area (Å²) in [5.74, 6) is 1.20. The molecule has 0 spiro atoms. The second-order valence-electron chi connectivity index (χ2n) is 6.35. The molecule has 3 rings (SSSR count). The first-order chi connectivity index (χ1) is 9.24. The number of aliphatic imine (C=N–C) groups is 1. The zero-order valence-corrected chi connectivity index (χ0v) is 13.1. The van der Waals surface area contributed by atoms with Gasteiger partial charge in [0.05, 0.1) is 6.04 Å². The Balaban J connectivity index is 1.60. The standard InChI is InChI=1S/C15H27N3S/c1-3-15(4-2)11-19-14(17-15)16-12-7-9-18-8-5-6-13(18)10-12/h12-13H,3-11H2,1-2H3,(H,16,17). The van der Waals surface area contributed by atoms with E-state index in [2.05, 4.69) is 24.1 Å². The first-order valence-corrected chi connectivity index (χ1v) is 8.96. The average molecular weight is 281 g/mol. The summed E-state index contributed by atoms with van der Waals surface area (Å²) in [5.41, 5.74) is 0.317. The normalized spacial score (nSPS) is 36.4. The third-order valence-electron chi connectivity index (χ3n) is 5.30. The minimum atomic E-state index is 0.317. The summed E-state index contributed by atoms with van der Waals surface area (Å²) in [7, 11) is 0. The maximum Gasteiger partial charge on any atom is 0.157 e. The molecule has 0 aromatic rings. The molecule has 3 aliphatic heterocycles. The minimum Gasteiger partial charge on any atom is -0.359 e. The van der Waals surface area contributed by atoms with Gasteiger partial charge in [-0.1, -0.05) is 25.6 Å². The van der Waals surface area contributed by atoms with Crippen LogP contribution in [0.3, 0.4) is 0 Å². The first kappa shape index (κ1) is 13.7. The fourth-order valence-electron chi connectivity index (χ4n) is 3.69. The summed E-state index contributed by atoms with van der Waals surface area (Å²) in [6.07, 6.45) is 7.75. The largest absolute Gasteiger partial charge is 0.359 e. The monoisotopic (exact) mass is 281 g/mol. The second-order valence-corrected chi connectivity index (χ2v) is 7.31. The van der Waals surface area contributed by atoms with Crippen molar-refractivity contribution in [3.05, 3.63) is 0 Å². The number of nitrogens with one attached hydrogen (secondary N) is 1. The van der Waals surface area contributed by atoms with Gasteiger partial charge in [-0.3, -0.25) is 4.99 Å². The molecule has 19 heavy (non-hydrogen) atoms. The smallest absolute Gasteiger partial charge is 0.157 e. The van der Waals surface area contributed by atoms with E-state index in [4.69, 9.17) is 4.99 Å². The Morgan fingerprint density at radius 2 is 2.16 bits per heavy atom. The van der Waals surface area contributed by atoms with Crippen LogP contribution >= 0.6 is 11.8 Å². The molecule has 2 unspecified atom stereocenters. The molecule has 0 aromatic heterocycles. The van der Waals surface area contributed by atoms with Gasteiger partial charge in [-0.25, -0.2) is 0 Å². The summed E-state index contributed by atoms with van der Waals surface area (Å²) in [6, 6.07) is 1.40. The number of thioether (sulfide) groups is 1. The van der Waals surface area contributed by atoms with E-state index in [1.54, 1.807) is 0 Å². The zero-order chi connectivity index (χ0) is 13.3. The molecule has 3 aliphatic rings. The Morgan fingerprint density at radius 3 is 2.89 bits per heavy atom. The summed E-state index contributed by atoms with van der Waals surface area (Å²) in [6.45, 7) is 7.17. The van der Waals surface area contributed by atoms with Gasteiger partial charge >= 0.3 is 0 Å². The molecule has 0 saturated carbocycles. The molecule has 1 N–H and O–H groups in total. The van der Waals surface area contributed by atoms with Crippen molar-refractivity contribution in [2.24, 2.45) is 4.99 Å². The number of amidine groups is 1. The molecule has 3 saturated heterocycles. The molecule has 108 valence electrons. The summed E-state index contributed by atoms with van der Waals surface area (Å²) in [5, 5.41) is 4.93. The molecule has 3 heterocycles. The van der Waals surface area contributed by atoms with Gasteiger partial charge in [-0.15, -0.1) is 0 Å². The van der Waals surface area contributed by atoms with Crippen LogP contribution in [0.1, 0.15) is 52.4 Å². The van der Waals surface area contributed by atoms with E-state index in [1.165, 1.54) is 62.5 Å². The predicted molar refractivity (Wildman–Crippen MR) is 84.0 cm³/mol. The van der Waals surface area contributed by atoms with Crippen LogP contribution in [0.5, 0.6) is 0 Å². The van der Waals surface area contributed by atoms with Gasteiger partial charge < -0.3 is 10.2 Å². The Hall–Kier alpha value is -0.220. The van der Waals surface area contributed by atoms with Crippen LogP contribution in [0.2, 0.25) is 0 Å². The molecule has 0 bridgehead atoms. The van der Waals surface area contributed by atoms with E-state index in [0.717, 1.165) is 6.04 Å². The highest BCUT2D eigenvalue weighted by molar-refractivity contribution is 8.14. The van der Waals surface area contributed by atoms with Gasteiger partial charge in [0.25, 0.3) is 0 Å². The number of piperidine rings is 1. The third-order valence-corrected chi connectivity index (χ3v) is 6.48. The molecule has 4 heteroatoms. The van der Waals surface area contributed by atoms with Gasteiger partial charge in [-0.2, -0.15) is 0 Å². The van der Waals surface area contributed by atoms with Crippen molar-refractivity contribution in [1.29, 1.82) is 0 Å². The van der Waals surface area contributed by atoms with Crippen LogP contribution < -0.4 is 5.32 Å². The summed E-state index contributed by atoms with van der Waals surface area (Å²) in [4.78, 5) is 7.70. The summed E-state index contributed by atoms with van der Waals surface area (Å²) >= 11 is 1.94. The molecule has 0 radical (unpaired) electrons. The van der Waals surface area contributed by atoms with Crippen molar-refractivity contribution in [1.82, 2.24) is 10.2 Å². The molecule has 3 nitrogen and oxygen atoms in total. The number of rotatable bonds is 3. The maximum atomic E-state index is 5.03. The molecule has 0 amide bonds. The number of nitrogens with zero attached hydrogens (tertiary/aromatic N) is 2. The van der Waals surface area contributed by atoms with E-state index in [9.17, 15) is 0 Å². The lowest BCUT2D eigenvalue weighted by atomic mass is 9.96. The van der Waals surface area contributed by atoms with Gasteiger partial charge in [0.1, 0.15) is 0 Å². The molecule has 3 fully saturated rings. The fourth-order valence-corrected chi connectivity index (χ4v) is 5.10. The lowest BCUT2D eigenvalue weighted by Gasteiger charge is -2.33. The fraction of sp³-hybridized carbons (Fsp3) is 0.933. The van der Waals surface area contributed by atoms with Crippen LogP contribution in [0.4, 0.5) is 0 Å². The quantitative estimate of drug-likeness (QED) is 0.862. The Morgan fingerprint density at radius 1 is 1.32 bits per heavy atom. The van der Waals surface area contributed by atoms with E-state index in [-0.39, 0.29) is 0 Å². The molecular weight excluding hydrogens is 254 g/mol. The highest BCUT2D eigenvalue weighted by Gasteiger charge is 2.36. The van der Waals surface area contributed by atoms with Crippen molar-refractivity contribution < 1.29 is 0 Å². The van der Waals surface area contributed by atoms with E-state index < -0.39 is 0 Å². The Labute approximate surface area is 121 Å². The lowest BCUT2D eigenvalue weighted by molar-refractivity contribution is 0.183. The SMILES string of the molecule is CCC1(CC)CSC(=NC2CCN3CCCC3C2)N1. The predicted octanol–water partition coefficient (Wildman–Crippen LogP) is 2.86. The van der Waals surface area contributed by atoms with Crippen LogP contribution in [0.15, 0.2) is 4.99 Å². The second kappa shape index (κ2) is 5.65. The Kier molecular flexibility index (Phi) is 4.08. The van der Waals surface area contributed by atoms with Crippen LogP contribution in [-0.2, 0) is 0 Å². The number of hydrogen-bond acceptors (Lipinski definition) is 3. The Bertz CT molecular complexity index is 351. The van der Waals surface area contributed by atoms with Gasteiger partial charge in [0.2, 0.25) is 0 Å². The van der Waals surface area contributed by atoms with Crippen molar-refractivity contribution in [3.8, 4) is 0 Å². The first-order valence-electron chi connectivity index (χ1n) is 7.97. The van der Waals surface area contributed by atoms with Crippen LogP contribution in [0, 0.1) is 0 Å². The average Bonchev–Trinajstić information content (AvgIpc) is 3.05. The number of hydrogen-bond donors (Lipinski definition) is 1. The van der Waals surface area contributed by atoms with Gasteiger partial charge in [0, 0.05) is 23.9 Å². The third kappa shape index (κ3) is 2.80. The van der Waals surface area contributed by atoms with E-state index >= 15 is 0 Å². The molecule has 0 aliphatic carbocycles. The van der Waals surface area contributed by atoms with Crippen molar-refractivity contribution in [2.45, 2.75) is 70.0 Å².